The number of oxazole rings is 1. The molecule has 1 aromatic heterocycles. The average molecular weight is 417 g/mol. The number of halogens is 1. The number of aryl methyl sites for hydroxylation is 2. The monoisotopic (exact) mass is 416 g/mol. The molecule has 0 saturated carbocycles. The van der Waals surface area contributed by atoms with E-state index in [2.05, 4.69) is 10.3 Å². The van der Waals surface area contributed by atoms with E-state index in [0.717, 1.165) is 16.7 Å². The minimum absolute atomic E-state index is 0.101. The minimum atomic E-state index is -1.39. The first kappa shape index (κ1) is 20.5. The second-order valence-corrected chi connectivity index (χ2v) is 8.35. The van der Waals surface area contributed by atoms with Gasteiger partial charge in [0.05, 0.1) is 0 Å². The highest BCUT2D eigenvalue weighted by atomic mass is 35.5. The highest BCUT2D eigenvalue weighted by Gasteiger charge is 2.20. The molecular formula is C21H21ClN2O3S. The molecule has 0 spiro atoms. The molecule has 0 aliphatic carbocycles. The zero-order valence-corrected chi connectivity index (χ0v) is 17.3. The molecule has 3 aromatic rings. The lowest BCUT2D eigenvalue weighted by Gasteiger charge is -2.10. The average Bonchev–Trinajstić information content (AvgIpc) is 3.01. The summed E-state index contributed by atoms with van der Waals surface area (Å²) < 4.78 is 18.1. The van der Waals surface area contributed by atoms with Crippen LogP contribution in [0.5, 0.6) is 0 Å². The summed E-state index contributed by atoms with van der Waals surface area (Å²) in [5, 5.41) is 3.34. The summed E-state index contributed by atoms with van der Waals surface area (Å²) in [5.41, 5.74) is 3.40. The van der Waals surface area contributed by atoms with Crippen molar-refractivity contribution in [1.29, 1.82) is 0 Å². The highest BCUT2D eigenvalue weighted by molar-refractivity contribution is 7.91. The largest absolute Gasteiger partial charge is 0.616 e. The molecule has 0 fully saturated rings. The molecule has 1 heterocycles. The van der Waals surface area contributed by atoms with E-state index >= 15 is 0 Å². The Morgan fingerprint density at radius 2 is 2.00 bits per heavy atom. The predicted octanol–water partition coefficient (Wildman–Crippen LogP) is 4.18. The van der Waals surface area contributed by atoms with Crippen LogP contribution < -0.4 is 5.32 Å². The van der Waals surface area contributed by atoms with Crippen LogP contribution in [-0.4, -0.2) is 21.2 Å². The van der Waals surface area contributed by atoms with Crippen LogP contribution in [0.25, 0.3) is 11.5 Å². The van der Waals surface area contributed by atoms with Crippen molar-refractivity contribution >= 4 is 28.7 Å². The number of benzene rings is 2. The van der Waals surface area contributed by atoms with E-state index in [1.54, 1.807) is 13.0 Å². The van der Waals surface area contributed by atoms with Gasteiger partial charge >= 0.3 is 0 Å². The third kappa shape index (κ3) is 5.38. The molecule has 1 atom stereocenters. The smallest absolute Gasteiger partial charge is 0.270 e. The molecule has 1 amide bonds. The summed E-state index contributed by atoms with van der Waals surface area (Å²) >= 11 is 4.68. The second kappa shape index (κ2) is 9.28. The van der Waals surface area contributed by atoms with Crippen molar-refractivity contribution in [2.75, 3.05) is 5.75 Å². The van der Waals surface area contributed by atoms with E-state index in [-0.39, 0.29) is 17.4 Å². The van der Waals surface area contributed by atoms with Gasteiger partial charge in [0, 0.05) is 17.1 Å². The van der Waals surface area contributed by atoms with Crippen LogP contribution in [0, 0.1) is 13.8 Å². The maximum atomic E-state index is 12.4. The van der Waals surface area contributed by atoms with Gasteiger partial charge in [-0.2, -0.15) is 0 Å². The molecule has 2 aromatic carbocycles. The van der Waals surface area contributed by atoms with Gasteiger partial charge in [-0.05, 0) is 48.8 Å². The maximum absolute atomic E-state index is 12.4. The summed E-state index contributed by atoms with van der Waals surface area (Å²) in [7, 11) is 0. The highest BCUT2D eigenvalue weighted by Crippen LogP contribution is 2.23. The summed E-state index contributed by atoms with van der Waals surface area (Å²) in [6.07, 6.45) is 0. The first-order valence-electron chi connectivity index (χ1n) is 8.81. The summed E-state index contributed by atoms with van der Waals surface area (Å²) in [5.74, 6) is 0.882. The van der Waals surface area contributed by atoms with Gasteiger partial charge < -0.3 is 14.3 Å². The van der Waals surface area contributed by atoms with Gasteiger partial charge in [-0.15, -0.1) is 0 Å². The Labute approximate surface area is 172 Å². The zero-order valence-electron chi connectivity index (χ0n) is 15.7. The van der Waals surface area contributed by atoms with Crippen molar-refractivity contribution in [3.05, 3.63) is 76.1 Å². The standard InChI is InChI=1S/C21H21ClN2O3S/c1-14-6-5-8-16(10-14)21-24-19(15(2)27-21)12-28(26)13-20(25)23-11-17-7-3-4-9-18(17)22/h3-10H,11-13H2,1-2H3,(H,23,25). The Morgan fingerprint density at radius 1 is 1.21 bits per heavy atom. The van der Waals surface area contributed by atoms with Crippen LogP contribution in [0.2, 0.25) is 5.02 Å². The third-order valence-corrected chi connectivity index (χ3v) is 5.73. The number of nitrogens with zero attached hydrogens (tertiary/aromatic N) is 1. The van der Waals surface area contributed by atoms with Gasteiger partial charge in [-0.3, -0.25) is 4.79 Å². The molecule has 1 N–H and O–H groups in total. The van der Waals surface area contributed by atoms with Gasteiger partial charge in [0.1, 0.15) is 11.5 Å². The second-order valence-electron chi connectivity index (χ2n) is 6.49. The fraction of sp³-hybridized carbons (Fsp3) is 0.238. The number of rotatable bonds is 7. The van der Waals surface area contributed by atoms with Crippen molar-refractivity contribution in [2.24, 2.45) is 0 Å². The molecule has 0 aliphatic heterocycles. The first-order valence-corrected chi connectivity index (χ1v) is 10.7. The van der Waals surface area contributed by atoms with E-state index < -0.39 is 11.2 Å². The van der Waals surface area contributed by atoms with Crippen LogP contribution in [0.15, 0.2) is 52.9 Å². The van der Waals surface area contributed by atoms with Crippen LogP contribution in [0.4, 0.5) is 0 Å². The fourth-order valence-electron chi connectivity index (χ4n) is 2.70. The number of aromatic nitrogens is 1. The van der Waals surface area contributed by atoms with Gasteiger partial charge in [0.15, 0.2) is 11.5 Å². The van der Waals surface area contributed by atoms with Crippen molar-refractivity contribution in [3.8, 4) is 11.5 Å². The lowest BCUT2D eigenvalue weighted by atomic mass is 10.1. The van der Waals surface area contributed by atoms with Crippen LogP contribution in [0.1, 0.15) is 22.6 Å². The molecule has 0 aliphatic rings. The van der Waals surface area contributed by atoms with Crippen LogP contribution in [0.3, 0.4) is 0 Å². The lowest BCUT2D eigenvalue weighted by Crippen LogP contribution is -2.30. The zero-order chi connectivity index (χ0) is 20.1. The van der Waals surface area contributed by atoms with Gasteiger partial charge in [0.25, 0.3) is 5.91 Å². The van der Waals surface area contributed by atoms with Gasteiger partial charge in [-0.1, -0.05) is 47.5 Å². The number of hydrogen-bond acceptors (Lipinski definition) is 4. The number of carbonyl (C=O) groups excluding carboxylic acids is 1. The van der Waals surface area contributed by atoms with Gasteiger partial charge in [-0.25, -0.2) is 4.98 Å². The van der Waals surface area contributed by atoms with E-state index in [1.165, 1.54) is 0 Å². The molecule has 0 radical (unpaired) electrons. The van der Waals surface area contributed by atoms with E-state index in [0.29, 0.717) is 28.9 Å². The summed E-state index contributed by atoms with van der Waals surface area (Å²) in [6, 6.07) is 15.1. The molecule has 28 heavy (non-hydrogen) atoms. The SMILES string of the molecule is Cc1cccc(-c2nc(C[S+]([O-])CC(=O)NCc3ccccc3Cl)c(C)o2)c1. The van der Waals surface area contributed by atoms with E-state index in [4.69, 9.17) is 16.0 Å². The number of carbonyl (C=O) groups is 1. The first-order chi connectivity index (χ1) is 13.4. The Bertz CT molecular complexity index is 974. The summed E-state index contributed by atoms with van der Waals surface area (Å²) in [6.45, 7) is 4.09. The Kier molecular flexibility index (Phi) is 6.78. The quantitative estimate of drug-likeness (QED) is 0.586. The minimum Gasteiger partial charge on any atom is -0.616 e. The van der Waals surface area contributed by atoms with Crippen molar-refractivity contribution < 1.29 is 13.8 Å². The molecule has 0 saturated heterocycles. The van der Waals surface area contributed by atoms with Crippen LogP contribution >= 0.6 is 11.6 Å². The molecule has 146 valence electrons. The fourth-order valence-corrected chi connectivity index (χ4v) is 3.97. The molecule has 1 unspecified atom stereocenters. The van der Waals surface area contributed by atoms with Crippen LogP contribution in [-0.2, 0) is 28.3 Å². The Hall–Kier alpha value is -2.28. The normalized spacial score (nSPS) is 12.0. The number of nitrogens with one attached hydrogen (secondary N) is 1. The third-order valence-electron chi connectivity index (χ3n) is 4.18. The topological polar surface area (TPSA) is 78.2 Å². The summed E-state index contributed by atoms with van der Waals surface area (Å²) in [4.78, 5) is 16.6. The lowest BCUT2D eigenvalue weighted by molar-refractivity contribution is -0.118. The Balaban J connectivity index is 1.56. The van der Waals surface area contributed by atoms with Crippen molar-refractivity contribution in [1.82, 2.24) is 10.3 Å². The van der Waals surface area contributed by atoms with Crippen molar-refractivity contribution in [2.45, 2.75) is 26.1 Å². The number of amides is 1. The molecule has 7 heteroatoms. The molecule has 5 nitrogen and oxygen atoms in total. The predicted molar refractivity (Wildman–Crippen MR) is 111 cm³/mol. The molecule has 0 bridgehead atoms. The van der Waals surface area contributed by atoms with E-state index in [1.807, 2.05) is 49.4 Å². The molecular weight excluding hydrogens is 396 g/mol. The van der Waals surface area contributed by atoms with Gasteiger partial charge in [0.2, 0.25) is 5.89 Å². The van der Waals surface area contributed by atoms with E-state index in [9.17, 15) is 9.35 Å². The Morgan fingerprint density at radius 3 is 2.75 bits per heavy atom. The molecule has 3 rings (SSSR count). The van der Waals surface area contributed by atoms with Crippen molar-refractivity contribution in [3.63, 3.8) is 0 Å². The maximum Gasteiger partial charge on any atom is 0.270 e. The number of hydrogen-bond donors (Lipinski definition) is 1.